The summed E-state index contributed by atoms with van der Waals surface area (Å²) in [5.74, 6) is 0.304. The van der Waals surface area contributed by atoms with Gasteiger partial charge in [0.25, 0.3) is 0 Å². The maximum Gasteiger partial charge on any atom is 0.0927 e. The number of pyridine rings is 1. The third-order valence-corrected chi connectivity index (χ3v) is 3.57. The minimum absolute atomic E-state index is 0.304. The lowest BCUT2D eigenvalue weighted by atomic mass is 10.0. The van der Waals surface area contributed by atoms with E-state index >= 15 is 0 Å². The summed E-state index contributed by atoms with van der Waals surface area (Å²) in [5, 5.41) is 1.97. The summed E-state index contributed by atoms with van der Waals surface area (Å²) < 4.78 is 0. The Morgan fingerprint density at radius 1 is 1.24 bits per heavy atom. The quantitative estimate of drug-likeness (QED) is 0.824. The van der Waals surface area contributed by atoms with Crippen LogP contribution in [-0.4, -0.2) is 4.98 Å². The molecule has 1 aromatic carbocycles. The molecule has 0 radical (unpaired) electrons. The number of nitrogen functional groups attached to an aromatic ring is 1. The molecule has 2 nitrogen and oxygen atoms in total. The highest BCUT2D eigenvalue weighted by molar-refractivity contribution is 6.41. The fourth-order valence-corrected chi connectivity index (χ4v) is 2.36. The summed E-state index contributed by atoms with van der Waals surface area (Å²) in [7, 11) is 0. The van der Waals surface area contributed by atoms with Crippen molar-refractivity contribution in [2.24, 2.45) is 0 Å². The molecule has 0 bridgehead atoms. The van der Waals surface area contributed by atoms with Crippen LogP contribution in [0.3, 0.4) is 0 Å². The Labute approximate surface area is 111 Å². The first-order valence-corrected chi connectivity index (χ1v) is 6.22. The zero-order valence-corrected chi connectivity index (χ0v) is 11.5. The van der Waals surface area contributed by atoms with Gasteiger partial charge in [0, 0.05) is 16.8 Å². The Hall–Kier alpha value is -0.990. The van der Waals surface area contributed by atoms with Gasteiger partial charge in [-0.05, 0) is 30.5 Å². The third-order valence-electron chi connectivity index (χ3n) is 2.80. The van der Waals surface area contributed by atoms with E-state index in [0.717, 1.165) is 16.6 Å². The van der Waals surface area contributed by atoms with Crippen LogP contribution < -0.4 is 5.73 Å². The fourth-order valence-electron chi connectivity index (χ4n) is 1.80. The maximum atomic E-state index is 6.26. The van der Waals surface area contributed by atoms with Crippen LogP contribution in [0.25, 0.3) is 10.9 Å². The zero-order chi connectivity index (χ0) is 12.7. The predicted molar refractivity (Wildman–Crippen MR) is 75.0 cm³/mol. The van der Waals surface area contributed by atoms with Crippen LogP contribution in [0.4, 0.5) is 5.69 Å². The van der Waals surface area contributed by atoms with Crippen LogP contribution in [0.1, 0.15) is 31.0 Å². The molecule has 0 unspecified atom stereocenters. The van der Waals surface area contributed by atoms with Crippen molar-refractivity contribution < 1.29 is 0 Å². The highest BCUT2D eigenvalue weighted by Crippen LogP contribution is 2.36. The monoisotopic (exact) mass is 268 g/mol. The first kappa shape index (κ1) is 12.5. The Morgan fingerprint density at radius 2 is 1.88 bits per heavy atom. The van der Waals surface area contributed by atoms with E-state index in [1.54, 1.807) is 0 Å². The molecule has 0 amide bonds. The van der Waals surface area contributed by atoms with Crippen LogP contribution in [0.2, 0.25) is 10.0 Å². The molecule has 0 spiro atoms. The first-order valence-electron chi connectivity index (χ1n) is 5.46. The summed E-state index contributed by atoms with van der Waals surface area (Å²) in [5.41, 5.74) is 9.21. The predicted octanol–water partition coefficient (Wildman–Crippen LogP) is 4.56. The van der Waals surface area contributed by atoms with Crippen molar-refractivity contribution in [2.75, 3.05) is 5.73 Å². The lowest BCUT2D eigenvalue weighted by Crippen LogP contribution is -1.99. The smallest absolute Gasteiger partial charge is 0.0927 e. The Balaban J connectivity index is 2.90. The molecular weight excluding hydrogens is 255 g/mol. The van der Waals surface area contributed by atoms with Crippen molar-refractivity contribution in [3.63, 3.8) is 0 Å². The van der Waals surface area contributed by atoms with Crippen molar-refractivity contribution in [1.29, 1.82) is 0 Å². The van der Waals surface area contributed by atoms with Gasteiger partial charge in [-0.1, -0.05) is 37.0 Å². The SMILES string of the molecule is Cc1cc(Cl)c2nc(C(C)C)cc(N)c2c1Cl. The second kappa shape index (κ2) is 4.35. The number of anilines is 1. The number of hydrogen-bond donors (Lipinski definition) is 1. The van der Waals surface area contributed by atoms with Crippen LogP contribution in [0.15, 0.2) is 12.1 Å². The van der Waals surface area contributed by atoms with Gasteiger partial charge in [-0.2, -0.15) is 0 Å². The average Bonchev–Trinajstić information content (AvgIpc) is 2.25. The summed E-state index contributed by atoms with van der Waals surface area (Å²) in [6.45, 7) is 6.04. The summed E-state index contributed by atoms with van der Waals surface area (Å²) in [4.78, 5) is 4.54. The standard InChI is InChI=1S/C13H14Cl2N2/c1-6(2)10-5-9(16)11-12(15)7(3)4-8(14)13(11)17-10/h4-6H,1-3H3,(H2,16,17). The molecule has 1 heterocycles. The molecule has 0 aliphatic carbocycles. The molecule has 0 atom stereocenters. The number of aromatic nitrogens is 1. The summed E-state index contributed by atoms with van der Waals surface area (Å²) >= 11 is 12.5. The number of benzene rings is 1. The van der Waals surface area contributed by atoms with Crippen molar-refractivity contribution >= 4 is 39.8 Å². The van der Waals surface area contributed by atoms with E-state index in [-0.39, 0.29) is 0 Å². The molecule has 17 heavy (non-hydrogen) atoms. The van der Waals surface area contributed by atoms with Gasteiger partial charge in [-0.3, -0.25) is 4.98 Å². The largest absolute Gasteiger partial charge is 0.398 e. The summed E-state index contributed by atoms with van der Waals surface area (Å²) in [6.07, 6.45) is 0. The fraction of sp³-hybridized carbons (Fsp3) is 0.308. The second-order valence-electron chi connectivity index (χ2n) is 4.50. The lowest BCUT2D eigenvalue weighted by Gasteiger charge is -2.12. The van der Waals surface area contributed by atoms with Crippen molar-refractivity contribution in [2.45, 2.75) is 26.7 Å². The molecule has 2 N–H and O–H groups in total. The summed E-state index contributed by atoms with van der Waals surface area (Å²) in [6, 6.07) is 3.69. The van der Waals surface area contributed by atoms with E-state index in [1.165, 1.54) is 0 Å². The van der Waals surface area contributed by atoms with E-state index in [9.17, 15) is 0 Å². The van der Waals surface area contributed by atoms with Crippen LogP contribution in [0.5, 0.6) is 0 Å². The molecule has 4 heteroatoms. The molecule has 2 rings (SSSR count). The van der Waals surface area contributed by atoms with Crippen molar-refractivity contribution in [3.05, 3.63) is 33.4 Å². The van der Waals surface area contributed by atoms with Crippen LogP contribution in [0, 0.1) is 6.92 Å². The van der Waals surface area contributed by atoms with Crippen LogP contribution in [-0.2, 0) is 0 Å². The molecule has 0 saturated heterocycles. The molecule has 90 valence electrons. The van der Waals surface area contributed by atoms with E-state index in [4.69, 9.17) is 28.9 Å². The lowest BCUT2D eigenvalue weighted by molar-refractivity contribution is 0.830. The van der Waals surface area contributed by atoms with E-state index in [1.807, 2.05) is 19.1 Å². The van der Waals surface area contributed by atoms with E-state index in [2.05, 4.69) is 18.8 Å². The zero-order valence-electron chi connectivity index (χ0n) is 10.0. The molecule has 2 aromatic rings. The number of nitrogens with zero attached hydrogens (tertiary/aromatic N) is 1. The highest BCUT2D eigenvalue weighted by Gasteiger charge is 2.14. The second-order valence-corrected chi connectivity index (χ2v) is 5.29. The Morgan fingerprint density at radius 3 is 2.47 bits per heavy atom. The van der Waals surface area contributed by atoms with E-state index in [0.29, 0.717) is 27.2 Å². The van der Waals surface area contributed by atoms with Crippen molar-refractivity contribution in [3.8, 4) is 0 Å². The minimum atomic E-state index is 0.304. The van der Waals surface area contributed by atoms with Crippen molar-refractivity contribution in [1.82, 2.24) is 4.98 Å². The normalized spacial score (nSPS) is 11.4. The van der Waals surface area contributed by atoms with Gasteiger partial charge in [0.1, 0.15) is 0 Å². The highest BCUT2D eigenvalue weighted by atomic mass is 35.5. The molecule has 0 fully saturated rings. The molecule has 0 aliphatic heterocycles. The van der Waals surface area contributed by atoms with Gasteiger partial charge in [0.15, 0.2) is 0 Å². The third kappa shape index (κ3) is 2.07. The van der Waals surface area contributed by atoms with Gasteiger partial charge >= 0.3 is 0 Å². The molecule has 1 aromatic heterocycles. The number of nitrogens with two attached hydrogens (primary N) is 1. The number of halogens is 2. The molecular formula is C13H14Cl2N2. The van der Waals surface area contributed by atoms with Gasteiger partial charge in [0.05, 0.1) is 15.6 Å². The van der Waals surface area contributed by atoms with Gasteiger partial charge < -0.3 is 5.73 Å². The Kier molecular flexibility index (Phi) is 3.19. The van der Waals surface area contributed by atoms with E-state index < -0.39 is 0 Å². The Bertz CT molecular complexity index is 592. The average molecular weight is 269 g/mol. The number of hydrogen-bond acceptors (Lipinski definition) is 2. The number of aryl methyl sites for hydroxylation is 1. The first-order chi connectivity index (χ1) is 7.91. The van der Waals surface area contributed by atoms with Gasteiger partial charge in [-0.25, -0.2) is 0 Å². The molecule has 0 aliphatic rings. The maximum absolute atomic E-state index is 6.26. The topological polar surface area (TPSA) is 38.9 Å². The number of rotatable bonds is 1. The number of fused-ring (bicyclic) bond motifs is 1. The van der Waals surface area contributed by atoms with Crippen LogP contribution >= 0.6 is 23.2 Å². The molecule has 0 saturated carbocycles. The van der Waals surface area contributed by atoms with Gasteiger partial charge in [0.2, 0.25) is 0 Å². The van der Waals surface area contributed by atoms with Gasteiger partial charge in [-0.15, -0.1) is 0 Å². The minimum Gasteiger partial charge on any atom is -0.398 e.